The van der Waals surface area contributed by atoms with Crippen LogP contribution in [0.25, 0.3) is 0 Å². The fourth-order valence-corrected chi connectivity index (χ4v) is 3.39. The number of fused-ring (bicyclic) bond motifs is 3. The van der Waals surface area contributed by atoms with E-state index in [-0.39, 0.29) is 24.1 Å². The molecule has 2 aromatic carbocycles. The third-order valence-electron chi connectivity index (χ3n) is 4.97. The van der Waals surface area contributed by atoms with Crippen molar-refractivity contribution in [2.75, 3.05) is 0 Å². The Kier molecular flexibility index (Phi) is 3.65. The van der Waals surface area contributed by atoms with E-state index in [9.17, 15) is 9.59 Å². The Morgan fingerprint density at radius 2 is 1.62 bits per heavy atom. The number of carbonyl (C=O) groups excluding carboxylic acids is 2. The number of aliphatic imine (C=N–C) groups is 1. The van der Waals surface area contributed by atoms with E-state index in [4.69, 9.17) is 4.74 Å². The summed E-state index contributed by atoms with van der Waals surface area (Å²) in [5.41, 5.74) is 3.65. The van der Waals surface area contributed by atoms with Gasteiger partial charge in [-0.25, -0.2) is 4.99 Å². The number of ether oxygens (including phenoxy) is 1. The number of hydrogen-bond acceptors (Lipinski definition) is 3. The summed E-state index contributed by atoms with van der Waals surface area (Å²) in [7, 11) is 0. The number of Topliss-reactive ketones (excluding diaryl/α,β-unsaturated/α-hetero) is 1. The normalized spacial score (nSPS) is 17.7. The lowest BCUT2D eigenvalue weighted by molar-refractivity contribution is -0.123. The second-order valence-electron chi connectivity index (χ2n) is 7.24. The number of hydrogen-bond donors (Lipinski definition) is 0. The van der Waals surface area contributed by atoms with Gasteiger partial charge in [0.2, 0.25) is 5.78 Å². The highest BCUT2D eigenvalue weighted by Gasteiger charge is 2.48. The van der Waals surface area contributed by atoms with Crippen molar-refractivity contribution in [3.63, 3.8) is 0 Å². The van der Waals surface area contributed by atoms with E-state index in [1.54, 1.807) is 19.9 Å². The van der Waals surface area contributed by atoms with Gasteiger partial charge in [-0.3, -0.25) is 9.59 Å². The Morgan fingerprint density at radius 1 is 0.962 bits per heavy atom. The van der Waals surface area contributed by atoms with Gasteiger partial charge in [-0.2, -0.15) is 0 Å². The predicted octanol–water partition coefficient (Wildman–Crippen LogP) is 4.02. The maximum Gasteiger partial charge on any atom is 0.256 e. The SMILES string of the molecule is Cc1ccc(COC2=C3C(=NC(=O)C3(C)C)c3ccccc3C2=O)cc1. The molecular weight excluding hydrogens is 326 g/mol. The molecule has 0 aromatic heterocycles. The van der Waals surface area contributed by atoms with Gasteiger partial charge in [-0.05, 0) is 26.3 Å². The molecule has 4 rings (SSSR count). The van der Waals surface area contributed by atoms with Crippen LogP contribution in [-0.4, -0.2) is 17.4 Å². The van der Waals surface area contributed by atoms with Crippen LogP contribution >= 0.6 is 0 Å². The minimum atomic E-state index is -0.874. The number of ketones is 1. The molecule has 0 radical (unpaired) electrons. The van der Waals surface area contributed by atoms with Crippen LogP contribution in [0.4, 0.5) is 0 Å². The van der Waals surface area contributed by atoms with Gasteiger partial charge in [0.25, 0.3) is 5.91 Å². The number of allylic oxidation sites excluding steroid dienone is 1. The summed E-state index contributed by atoms with van der Waals surface area (Å²) >= 11 is 0. The molecule has 0 unspecified atom stereocenters. The van der Waals surface area contributed by atoms with Crippen molar-refractivity contribution >= 4 is 17.4 Å². The van der Waals surface area contributed by atoms with E-state index in [1.165, 1.54) is 0 Å². The highest BCUT2D eigenvalue weighted by atomic mass is 16.5. The molecular formula is C22H19NO3. The quantitative estimate of drug-likeness (QED) is 0.844. The number of carbonyl (C=O) groups is 2. The highest BCUT2D eigenvalue weighted by Crippen LogP contribution is 2.43. The Balaban J connectivity index is 1.79. The lowest BCUT2D eigenvalue weighted by Crippen LogP contribution is -2.30. The molecule has 0 fully saturated rings. The zero-order valence-corrected chi connectivity index (χ0v) is 15.0. The maximum atomic E-state index is 13.1. The molecule has 0 saturated heterocycles. The van der Waals surface area contributed by atoms with Gasteiger partial charge in [0.15, 0.2) is 5.76 Å². The van der Waals surface area contributed by atoms with E-state index in [1.807, 2.05) is 49.4 Å². The average Bonchev–Trinajstić information content (AvgIpc) is 2.87. The topological polar surface area (TPSA) is 55.7 Å². The standard InChI is InChI=1S/C22H19NO3/c1-13-8-10-14(11-9-13)12-26-20-17-18(23-21(25)22(17,2)3)15-6-4-5-7-16(15)19(20)24/h4-11H,12H2,1-3H3. The first-order chi connectivity index (χ1) is 12.4. The van der Waals surface area contributed by atoms with Crippen molar-refractivity contribution in [3.05, 3.63) is 82.1 Å². The van der Waals surface area contributed by atoms with Crippen LogP contribution < -0.4 is 0 Å². The van der Waals surface area contributed by atoms with Crippen molar-refractivity contribution in [1.29, 1.82) is 0 Å². The second-order valence-corrected chi connectivity index (χ2v) is 7.24. The van der Waals surface area contributed by atoms with Crippen molar-refractivity contribution in [1.82, 2.24) is 0 Å². The first-order valence-electron chi connectivity index (χ1n) is 8.60. The summed E-state index contributed by atoms with van der Waals surface area (Å²) in [6.07, 6.45) is 0. The smallest absolute Gasteiger partial charge is 0.256 e. The molecule has 26 heavy (non-hydrogen) atoms. The average molecular weight is 345 g/mol. The summed E-state index contributed by atoms with van der Waals surface area (Å²) in [5, 5.41) is 0. The third-order valence-corrected chi connectivity index (χ3v) is 4.97. The Bertz CT molecular complexity index is 994. The van der Waals surface area contributed by atoms with E-state index in [2.05, 4.69) is 4.99 Å². The summed E-state index contributed by atoms with van der Waals surface area (Å²) in [4.78, 5) is 29.8. The minimum Gasteiger partial charge on any atom is -0.484 e. The van der Waals surface area contributed by atoms with Gasteiger partial charge in [0.05, 0.1) is 11.1 Å². The van der Waals surface area contributed by atoms with Crippen LogP contribution in [0.3, 0.4) is 0 Å². The fourth-order valence-electron chi connectivity index (χ4n) is 3.39. The zero-order valence-electron chi connectivity index (χ0n) is 15.0. The van der Waals surface area contributed by atoms with Gasteiger partial charge in [-0.15, -0.1) is 0 Å². The molecule has 0 spiro atoms. The number of benzene rings is 2. The van der Waals surface area contributed by atoms with Crippen LogP contribution in [0.5, 0.6) is 0 Å². The number of aryl methyl sites for hydroxylation is 1. The molecule has 2 aromatic rings. The molecule has 130 valence electrons. The van der Waals surface area contributed by atoms with Crippen molar-refractivity contribution in [3.8, 4) is 0 Å². The lowest BCUT2D eigenvalue weighted by atomic mass is 9.76. The van der Waals surface area contributed by atoms with Gasteiger partial charge in [0, 0.05) is 16.7 Å². The minimum absolute atomic E-state index is 0.190. The van der Waals surface area contributed by atoms with Crippen LogP contribution in [0, 0.1) is 12.3 Å². The monoisotopic (exact) mass is 345 g/mol. The van der Waals surface area contributed by atoms with Gasteiger partial charge >= 0.3 is 0 Å². The molecule has 0 N–H and O–H groups in total. The molecule has 0 atom stereocenters. The number of rotatable bonds is 3. The molecule has 1 heterocycles. The van der Waals surface area contributed by atoms with Crippen molar-refractivity contribution in [2.45, 2.75) is 27.4 Å². The van der Waals surface area contributed by atoms with E-state index in [0.29, 0.717) is 22.4 Å². The second kappa shape index (κ2) is 5.77. The maximum absolute atomic E-state index is 13.1. The molecule has 0 bridgehead atoms. The fraction of sp³-hybridized carbons (Fsp3) is 0.227. The number of nitrogens with zero attached hydrogens (tertiary/aromatic N) is 1. The van der Waals surface area contributed by atoms with Crippen LogP contribution in [-0.2, 0) is 16.1 Å². The van der Waals surface area contributed by atoms with E-state index >= 15 is 0 Å². The van der Waals surface area contributed by atoms with Crippen molar-refractivity contribution < 1.29 is 14.3 Å². The highest BCUT2D eigenvalue weighted by molar-refractivity contribution is 6.34. The molecule has 1 aliphatic heterocycles. The largest absolute Gasteiger partial charge is 0.484 e. The molecule has 1 aliphatic carbocycles. The van der Waals surface area contributed by atoms with Crippen LogP contribution in [0.15, 0.2) is 64.9 Å². The van der Waals surface area contributed by atoms with E-state index < -0.39 is 5.41 Å². The molecule has 2 aliphatic rings. The summed E-state index contributed by atoms with van der Waals surface area (Å²) in [5.74, 6) is -0.202. The van der Waals surface area contributed by atoms with Crippen LogP contribution in [0.1, 0.15) is 40.9 Å². The first-order valence-corrected chi connectivity index (χ1v) is 8.60. The lowest BCUT2D eigenvalue weighted by Gasteiger charge is -2.26. The Labute approximate surface area is 152 Å². The molecule has 4 nitrogen and oxygen atoms in total. The number of amides is 1. The zero-order chi connectivity index (χ0) is 18.5. The first kappa shape index (κ1) is 16.5. The van der Waals surface area contributed by atoms with Crippen LogP contribution in [0.2, 0.25) is 0 Å². The van der Waals surface area contributed by atoms with Gasteiger partial charge in [0.1, 0.15) is 6.61 Å². The molecule has 4 heteroatoms. The molecule has 0 saturated carbocycles. The molecule has 1 amide bonds. The van der Waals surface area contributed by atoms with Gasteiger partial charge < -0.3 is 4.74 Å². The summed E-state index contributed by atoms with van der Waals surface area (Å²) in [6, 6.07) is 15.2. The summed E-state index contributed by atoms with van der Waals surface area (Å²) in [6.45, 7) is 5.87. The predicted molar refractivity (Wildman–Crippen MR) is 99.1 cm³/mol. The third kappa shape index (κ3) is 2.41. The Hall–Kier alpha value is -3.01. The van der Waals surface area contributed by atoms with E-state index in [0.717, 1.165) is 11.1 Å². The van der Waals surface area contributed by atoms with Crippen molar-refractivity contribution in [2.24, 2.45) is 10.4 Å². The summed E-state index contributed by atoms with van der Waals surface area (Å²) < 4.78 is 5.97. The Morgan fingerprint density at radius 3 is 2.31 bits per heavy atom. The van der Waals surface area contributed by atoms with Gasteiger partial charge in [-0.1, -0.05) is 54.1 Å².